The number of aryl methyl sites for hydroxylation is 1. The van der Waals surface area contributed by atoms with Crippen LogP contribution in [-0.4, -0.2) is 11.9 Å². The van der Waals surface area contributed by atoms with E-state index in [1.807, 2.05) is 25.1 Å². The summed E-state index contributed by atoms with van der Waals surface area (Å²) in [7, 11) is 0. The average molecular weight is 236 g/mol. The predicted molar refractivity (Wildman–Crippen MR) is 62.1 cm³/mol. The summed E-state index contributed by atoms with van der Waals surface area (Å²) in [5.74, 6) is -0.656. The average Bonchev–Trinajstić information content (AvgIpc) is 2.24. The number of esters is 2. The summed E-state index contributed by atoms with van der Waals surface area (Å²) in [6.07, 6.45) is 0. The Morgan fingerprint density at radius 2 is 1.65 bits per heavy atom. The lowest BCUT2D eigenvalue weighted by Gasteiger charge is -2.12. The maximum Gasteiger partial charge on any atom is 0.302 e. The van der Waals surface area contributed by atoms with Crippen LogP contribution in [0.2, 0.25) is 0 Å². The second kappa shape index (κ2) is 6.03. The van der Waals surface area contributed by atoms with Gasteiger partial charge in [0, 0.05) is 13.8 Å². The van der Waals surface area contributed by atoms with E-state index in [1.165, 1.54) is 13.8 Å². The lowest BCUT2D eigenvalue weighted by molar-refractivity contribution is -0.143. The van der Waals surface area contributed by atoms with Gasteiger partial charge in [-0.25, -0.2) is 0 Å². The molecule has 17 heavy (non-hydrogen) atoms. The monoisotopic (exact) mass is 236 g/mol. The molecule has 0 heterocycles. The molecule has 0 spiro atoms. The van der Waals surface area contributed by atoms with Gasteiger partial charge >= 0.3 is 11.9 Å². The topological polar surface area (TPSA) is 52.6 Å². The van der Waals surface area contributed by atoms with Crippen LogP contribution in [0.3, 0.4) is 0 Å². The number of carbonyl (C=O) groups is 2. The van der Waals surface area contributed by atoms with Crippen LogP contribution in [0.1, 0.15) is 30.5 Å². The van der Waals surface area contributed by atoms with Crippen molar-refractivity contribution in [2.45, 2.75) is 34.0 Å². The first-order valence-corrected chi connectivity index (χ1v) is 5.34. The van der Waals surface area contributed by atoms with Gasteiger partial charge in [0.1, 0.15) is 13.2 Å². The van der Waals surface area contributed by atoms with E-state index in [4.69, 9.17) is 9.47 Å². The maximum atomic E-state index is 10.8. The highest BCUT2D eigenvalue weighted by Gasteiger charge is 2.08. The lowest BCUT2D eigenvalue weighted by atomic mass is 10.0. The van der Waals surface area contributed by atoms with Crippen LogP contribution in [0.5, 0.6) is 0 Å². The van der Waals surface area contributed by atoms with Gasteiger partial charge in [0.25, 0.3) is 0 Å². The van der Waals surface area contributed by atoms with Gasteiger partial charge in [0.2, 0.25) is 0 Å². The first-order chi connectivity index (χ1) is 8.00. The quantitative estimate of drug-likeness (QED) is 0.751. The second-order valence-corrected chi connectivity index (χ2v) is 3.77. The van der Waals surface area contributed by atoms with Crippen LogP contribution in [-0.2, 0) is 32.3 Å². The Hall–Kier alpha value is -1.84. The molecular weight excluding hydrogens is 220 g/mol. The molecule has 0 radical (unpaired) electrons. The Morgan fingerprint density at radius 1 is 1.06 bits per heavy atom. The number of ether oxygens (including phenoxy) is 2. The smallest absolute Gasteiger partial charge is 0.302 e. The summed E-state index contributed by atoms with van der Waals surface area (Å²) in [5.41, 5.74) is 2.77. The van der Waals surface area contributed by atoms with Crippen LogP contribution in [0, 0.1) is 6.92 Å². The van der Waals surface area contributed by atoms with Gasteiger partial charge in [-0.3, -0.25) is 9.59 Å². The third-order valence-electron chi connectivity index (χ3n) is 2.36. The molecule has 1 rings (SSSR count). The predicted octanol–water partition coefficient (Wildman–Crippen LogP) is 2.12. The molecule has 0 atom stereocenters. The third kappa shape index (κ3) is 4.26. The summed E-state index contributed by atoms with van der Waals surface area (Å²) in [6.45, 7) is 5.06. The van der Waals surface area contributed by atoms with E-state index < -0.39 is 0 Å². The van der Waals surface area contributed by atoms with Crippen LogP contribution in [0.25, 0.3) is 0 Å². The van der Waals surface area contributed by atoms with E-state index in [1.54, 1.807) is 0 Å². The Morgan fingerprint density at radius 3 is 2.24 bits per heavy atom. The maximum absolute atomic E-state index is 10.8. The molecule has 0 fully saturated rings. The normalized spacial score (nSPS) is 9.82. The van der Waals surface area contributed by atoms with Crippen molar-refractivity contribution in [1.29, 1.82) is 0 Å². The molecule has 0 N–H and O–H groups in total. The summed E-state index contributed by atoms with van der Waals surface area (Å²) in [4.78, 5) is 21.6. The molecule has 0 unspecified atom stereocenters. The minimum Gasteiger partial charge on any atom is -0.461 e. The molecule has 0 amide bonds. The number of hydrogen-bond donors (Lipinski definition) is 0. The van der Waals surface area contributed by atoms with Crippen molar-refractivity contribution in [1.82, 2.24) is 0 Å². The Kier molecular flexibility index (Phi) is 4.69. The molecule has 0 saturated heterocycles. The summed E-state index contributed by atoms with van der Waals surface area (Å²) in [6, 6.07) is 5.66. The fraction of sp³-hybridized carbons (Fsp3) is 0.385. The molecule has 0 saturated carbocycles. The molecule has 0 aromatic heterocycles. The van der Waals surface area contributed by atoms with Crippen LogP contribution < -0.4 is 0 Å². The highest BCUT2D eigenvalue weighted by Crippen LogP contribution is 2.16. The van der Waals surface area contributed by atoms with Gasteiger partial charge in [-0.1, -0.05) is 18.2 Å². The number of rotatable bonds is 4. The van der Waals surface area contributed by atoms with E-state index in [2.05, 4.69) is 0 Å². The van der Waals surface area contributed by atoms with Crippen molar-refractivity contribution in [2.24, 2.45) is 0 Å². The zero-order chi connectivity index (χ0) is 12.8. The van der Waals surface area contributed by atoms with Crippen LogP contribution in [0.15, 0.2) is 18.2 Å². The molecular formula is C13H16O4. The standard InChI is InChI=1S/C13H16O4/c1-9-5-4-6-12(7-16-10(2)14)13(9)8-17-11(3)15/h4-6H,7-8H2,1-3H3. The molecule has 4 heteroatoms. The molecule has 92 valence electrons. The van der Waals surface area contributed by atoms with Gasteiger partial charge in [-0.15, -0.1) is 0 Å². The Labute approximate surface area is 101 Å². The Bertz CT molecular complexity index is 423. The fourth-order valence-corrected chi connectivity index (χ4v) is 1.46. The molecule has 4 nitrogen and oxygen atoms in total. The molecule has 0 aliphatic carbocycles. The highest BCUT2D eigenvalue weighted by atomic mass is 16.5. The van der Waals surface area contributed by atoms with Crippen molar-refractivity contribution in [2.75, 3.05) is 0 Å². The summed E-state index contributed by atoms with van der Waals surface area (Å²) in [5, 5.41) is 0. The zero-order valence-electron chi connectivity index (χ0n) is 10.3. The lowest BCUT2D eigenvalue weighted by Crippen LogP contribution is -2.06. The number of carbonyl (C=O) groups excluding carboxylic acids is 2. The van der Waals surface area contributed by atoms with Gasteiger partial charge < -0.3 is 9.47 Å². The number of hydrogen-bond acceptors (Lipinski definition) is 4. The van der Waals surface area contributed by atoms with Crippen LogP contribution >= 0.6 is 0 Å². The van der Waals surface area contributed by atoms with Crippen LogP contribution in [0.4, 0.5) is 0 Å². The van der Waals surface area contributed by atoms with E-state index in [0.29, 0.717) is 0 Å². The second-order valence-electron chi connectivity index (χ2n) is 3.77. The van der Waals surface area contributed by atoms with Crippen molar-refractivity contribution < 1.29 is 19.1 Å². The van der Waals surface area contributed by atoms with Crippen molar-refractivity contribution in [3.63, 3.8) is 0 Å². The number of benzene rings is 1. The minimum atomic E-state index is -0.329. The molecule has 0 bridgehead atoms. The first-order valence-electron chi connectivity index (χ1n) is 5.34. The first kappa shape index (κ1) is 13.2. The molecule has 0 aliphatic heterocycles. The van der Waals surface area contributed by atoms with Crippen molar-refractivity contribution in [3.8, 4) is 0 Å². The highest BCUT2D eigenvalue weighted by molar-refractivity contribution is 5.66. The molecule has 1 aromatic rings. The van der Waals surface area contributed by atoms with E-state index in [-0.39, 0.29) is 25.2 Å². The zero-order valence-corrected chi connectivity index (χ0v) is 10.3. The third-order valence-corrected chi connectivity index (χ3v) is 2.36. The SMILES string of the molecule is CC(=O)OCc1cccc(C)c1COC(C)=O. The van der Waals surface area contributed by atoms with Gasteiger partial charge in [-0.2, -0.15) is 0 Å². The van der Waals surface area contributed by atoms with E-state index in [9.17, 15) is 9.59 Å². The van der Waals surface area contributed by atoms with Gasteiger partial charge in [0.05, 0.1) is 0 Å². The van der Waals surface area contributed by atoms with E-state index in [0.717, 1.165) is 16.7 Å². The van der Waals surface area contributed by atoms with Gasteiger partial charge in [-0.05, 0) is 23.6 Å². The van der Waals surface area contributed by atoms with Gasteiger partial charge in [0.15, 0.2) is 0 Å². The largest absolute Gasteiger partial charge is 0.461 e. The van der Waals surface area contributed by atoms with Crippen molar-refractivity contribution in [3.05, 3.63) is 34.9 Å². The molecule has 1 aromatic carbocycles. The minimum absolute atomic E-state index is 0.202. The molecule has 0 aliphatic rings. The van der Waals surface area contributed by atoms with Crippen molar-refractivity contribution >= 4 is 11.9 Å². The fourth-order valence-electron chi connectivity index (χ4n) is 1.46. The Balaban J connectivity index is 2.83. The summed E-state index contributed by atoms with van der Waals surface area (Å²) >= 11 is 0. The van der Waals surface area contributed by atoms with E-state index >= 15 is 0 Å². The summed E-state index contributed by atoms with van der Waals surface area (Å²) < 4.78 is 9.93.